The van der Waals surface area contributed by atoms with E-state index in [0.29, 0.717) is 0 Å². The highest BCUT2D eigenvalue weighted by molar-refractivity contribution is 7.83. The van der Waals surface area contributed by atoms with Crippen LogP contribution in [0.2, 0.25) is 0 Å². The minimum Gasteiger partial charge on any atom is -0.313 e. The van der Waals surface area contributed by atoms with Crippen molar-refractivity contribution >= 4 is 35.5 Å². The molecule has 0 N–H and O–H groups in total. The van der Waals surface area contributed by atoms with E-state index in [1.165, 1.54) is 0 Å². The predicted octanol–water partition coefficient (Wildman–Crippen LogP) is 6.33. The largest absolute Gasteiger partial charge is 0.313 e. The fraction of sp³-hybridized carbons (Fsp3) is 0.200. The Bertz CT molecular complexity index is 1110. The van der Waals surface area contributed by atoms with Crippen molar-refractivity contribution in [1.29, 1.82) is 0 Å². The van der Waals surface area contributed by atoms with Crippen LogP contribution < -0.4 is 21.2 Å². The summed E-state index contributed by atoms with van der Waals surface area (Å²) in [5.74, 6) is 0. The SMILES string of the molecule is O=P(c1ccccc1)(c1ccccc1)C1CCCCC1P(=O)(c1ccccc1)c1ccccc1. The summed E-state index contributed by atoms with van der Waals surface area (Å²) in [6.07, 6.45) is 3.65. The summed E-state index contributed by atoms with van der Waals surface area (Å²) in [7, 11) is -6.13. The predicted molar refractivity (Wildman–Crippen MR) is 146 cm³/mol. The van der Waals surface area contributed by atoms with Gasteiger partial charge in [-0.2, -0.15) is 0 Å². The fourth-order valence-electron chi connectivity index (χ4n) is 5.60. The number of rotatable bonds is 6. The van der Waals surface area contributed by atoms with Crippen LogP contribution in [0.5, 0.6) is 0 Å². The van der Waals surface area contributed by atoms with Gasteiger partial charge in [0, 0.05) is 32.5 Å². The summed E-state index contributed by atoms with van der Waals surface area (Å²) in [6, 6.07) is 39.6. The zero-order valence-corrected chi connectivity index (χ0v) is 21.0. The van der Waals surface area contributed by atoms with Crippen LogP contribution in [0.3, 0.4) is 0 Å². The Hall–Kier alpha value is -2.66. The van der Waals surface area contributed by atoms with Crippen molar-refractivity contribution in [3.05, 3.63) is 121 Å². The molecule has 0 amide bonds. The van der Waals surface area contributed by atoms with Crippen molar-refractivity contribution in [3.63, 3.8) is 0 Å². The molecule has 2 nitrogen and oxygen atoms in total. The average molecular weight is 485 g/mol. The first-order chi connectivity index (χ1) is 16.6. The van der Waals surface area contributed by atoms with Crippen LogP contribution in [-0.2, 0) is 9.13 Å². The molecule has 172 valence electrons. The molecule has 0 heterocycles. The molecule has 0 bridgehead atoms. The average Bonchev–Trinajstić information content (AvgIpc) is 2.94. The molecular weight excluding hydrogens is 454 g/mol. The Balaban J connectivity index is 1.74. The molecule has 0 aliphatic heterocycles. The molecule has 1 aliphatic carbocycles. The molecule has 0 aromatic heterocycles. The summed E-state index contributed by atoms with van der Waals surface area (Å²) in [5, 5.41) is 3.47. The minimum atomic E-state index is -3.07. The Morgan fingerprint density at radius 1 is 0.412 bits per heavy atom. The van der Waals surface area contributed by atoms with Gasteiger partial charge in [0.05, 0.1) is 0 Å². The molecule has 0 radical (unpaired) electrons. The van der Waals surface area contributed by atoms with Crippen LogP contribution in [0.4, 0.5) is 0 Å². The minimum absolute atomic E-state index is 0.183. The normalized spacial score (nSPS) is 18.9. The Morgan fingerprint density at radius 2 is 0.647 bits per heavy atom. The lowest BCUT2D eigenvalue weighted by atomic mass is 9.99. The second kappa shape index (κ2) is 9.91. The summed E-state index contributed by atoms with van der Waals surface area (Å²) in [5.41, 5.74) is -0.366. The molecular formula is C30H30O2P2. The molecule has 34 heavy (non-hydrogen) atoms. The smallest absolute Gasteiger partial charge is 0.146 e. The maximum absolute atomic E-state index is 15.4. The van der Waals surface area contributed by atoms with Gasteiger partial charge >= 0.3 is 0 Å². The zero-order valence-electron chi connectivity index (χ0n) is 19.2. The van der Waals surface area contributed by atoms with Gasteiger partial charge in [-0.25, -0.2) is 0 Å². The van der Waals surface area contributed by atoms with Crippen molar-refractivity contribution in [2.24, 2.45) is 0 Å². The van der Waals surface area contributed by atoms with Crippen molar-refractivity contribution in [2.45, 2.75) is 37.0 Å². The van der Waals surface area contributed by atoms with Gasteiger partial charge in [-0.3, -0.25) is 0 Å². The van der Waals surface area contributed by atoms with E-state index in [4.69, 9.17) is 0 Å². The van der Waals surface area contributed by atoms with Gasteiger partial charge in [0.2, 0.25) is 0 Å². The third-order valence-electron chi connectivity index (χ3n) is 7.19. The highest BCUT2D eigenvalue weighted by atomic mass is 31.2. The van der Waals surface area contributed by atoms with Gasteiger partial charge in [0.15, 0.2) is 0 Å². The summed E-state index contributed by atoms with van der Waals surface area (Å²) in [6.45, 7) is 0. The standard InChI is InChI=1S/C30H30O2P2/c31-33(25-15-5-1-6-16-25,26-17-7-2-8-18-26)29-23-13-14-24-30(29)34(32,27-19-9-3-10-20-27)28-21-11-4-12-22-28/h1-12,15-22,29-30H,13-14,23-24H2. The monoisotopic (exact) mass is 484 g/mol. The van der Waals surface area contributed by atoms with Gasteiger partial charge in [-0.1, -0.05) is 134 Å². The number of hydrogen-bond donors (Lipinski definition) is 0. The molecule has 4 aromatic carbocycles. The van der Waals surface area contributed by atoms with Crippen molar-refractivity contribution < 1.29 is 9.13 Å². The van der Waals surface area contributed by atoms with Crippen LogP contribution in [-0.4, -0.2) is 11.3 Å². The maximum Gasteiger partial charge on any atom is 0.146 e. The third kappa shape index (κ3) is 4.04. The maximum atomic E-state index is 15.4. The van der Waals surface area contributed by atoms with E-state index in [0.717, 1.165) is 46.9 Å². The second-order valence-electron chi connectivity index (χ2n) is 9.08. The van der Waals surface area contributed by atoms with Gasteiger partial charge in [0.1, 0.15) is 14.3 Å². The molecule has 1 saturated carbocycles. The Kier molecular flexibility index (Phi) is 6.73. The fourth-order valence-corrected chi connectivity index (χ4v) is 13.7. The number of benzene rings is 4. The molecule has 1 fully saturated rings. The van der Waals surface area contributed by atoms with Crippen molar-refractivity contribution in [2.75, 3.05) is 0 Å². The van der Waals surface area contributed by atoms with E-state index in [-0.39, 0.29) is 11.3 Å². The van der Waals surface area contributed by atoms with Crippen LogP contribution >= 0.6 is 14.3 Å². The second-order valence-corrected chi connectivity index (χ2v) is 15.1. The Labute approximate surface area is 202 Å². The first-order valence-electron chi connectivity index (χ1n) is 12.1. The van der Waals surface area contributed by atoms with Gasteiger partial charge in [-0.15, -0.1) is 0 Å². The first-order valence-corrected chi connectivity index (χ1v) is 15.6. The Morgan fingerprint density at radius 3 is 0.882 bits per heavy atom. The van der Waals surface area contributed by atoms with E-state index in [1.54, 1.807) is 0 Å². The van der Waals surface area contributed by atoms with Crippen LogP contribution in [0, 0.1) is 0 Å². The van der Waals surface area contributed by atoms with Crippen molar-refractivity contribution in [3.8, 4) is 0 Å². The zero-order chi connectivity index (χ0) is 23.4. The quantitative estimate of drug-likeness (QED) is 0.300. The topological polar surface area (TPSA) is 34.1 Å². The van der Waals surface area contributed by atoms with E-state index >= 15 is 9.13 Å². The molecule has 4 aromatic rings. The van der Waals surface area contributed by atoms with Crippen LogP contribution in [0.25, 0.3) is 0 Å². The molecule has 2 unspecified atom stereocenters. The van der Waals surface area contributed by atoms with Gasteiger partial charge in [0.25, 0.3) is 0 Å². The molecule has 0 saturated heterocycles. The van der Waals surface area contributed by atoms with E-state index in [1.807, 2.05) is 121 Å². The van der Waals surface area contributed by atoms with Crippen molar-refractivity contribution in [1.82, 2.24) is 0 Å². The van der Waals surface area contributed by atoms with Gasteiger partial charge < -0.3 is 9.13 Å². The summed E-state index contributed by atoms with van der Waals surface area (Å²) < 4.78 is 30.7. The highest BCUT2D eigenvalue weighted by Crippen LogP contribution is 2.63. The number of hydrogen-bond acceptors (Lipinski definition) is 2. The molecule has 5 rings (SSSR count). The first kappa shape index (κ1) is 23.1. The van der Waals surface area contributed by atoms with E-state index in [2.05, 4.69) is 0 Å². The molecule has 2 atom stereocenters. The van der Waals surface area contributed by atoms with E-state index < -0.39 is 14.3 Å². The third-order valence-corrected chi connectivity index (χ3v) is 14.8. The van der Waals surface area contributed by atoms with E-state index in [9.17, 15) is 0 Å². The molecule has 0 spiro atoms. The molecule has 4 heteroatoms. The van der Waals surface area contributed by atoms with Gasteiger partial charge in [-0.05, 0) is 12.8 Å². The molecule has 1 aliphatic rings. The summed E-state index contributed by atoms with van der Waals surface area (Å²) in [4.78, 5) is 0. The lowest BCUT2D eigenvalue weighted by Gasteiger charge is -2.42. The van der Waals surface area contributed by atoms with Crippen LogP contribution in [0.15, 0.2) is 121 Å². The lowest BCUT2D eigenvalue weighted by Crippen LogP contribution is -2.41. The lowest BCUT2D eigenvalue weighted by molar-refractivity contribution is 0.480. The highest BCUT2D eigenvalue weighted by Gasteiger charge is 2.50. The summed E-state index contributed by atoms with van der Waals surface area (Å²) >= 11 is 0. The van der Waals surface area contributed by atoms with Crippen LogP contribution in [0.1, 0.15) is 25.7 Å².